The van der Waals surface area contributed by atoms with E-state index < -0.39 is 18.4 Å². The number of aromatic nitrogens is 2. The topological polar surface area (TPSA) is 112 Å². The molecule has 0 atom stereocenters. The molecule has 0 aliphatic rings. The van der Waals surface area contributed by atoms with Gasteiger partial charge in [-0.3, -0.25) is 4.79 Å². The van der Waals surface area contributed by atoms with Crippen molar-refractivity contribution in [3.63, 3.8) is 0 Å². The van der Waals surface area contributed by atoms with Crippen molar-refractivity contribution < 1.29 is 31.8 Å². The summed E-state index contributed by atoms with van der Waals surface area (Å²) in [4.78, 5) is 24.5. The van der Waals surface area contributed by atoms with Crippen LogP contribution in [0.25, 0.3) is 0 Å². The summed E-state index contributed by atoms with van der Waals surface area (Å²) >= 11 is 0. The zero-order chi connectivity index (χ0) is 23.4. The number of carbonyl (C=O) groups is 1. The number of carbonyl (C=O) groups excluding carboxylic acids is 1. The first kappa shape index (κ1) is 25.6. The second-order valence-corrected chi connectivity index (χ2v) is 5.72. The number of nitrogens with one attached hydrogen (secondary N) is 1. The molecule has 2 aromatic rings. The fraction of sp³-hybridized carbons (Fsp3) is 0.368. The lowest BCUT2D eigenvalue weighted by atomic mass is 10.1. The first-order chi connectivity index (χ1) is 14.7. The number of anilines is 1. The van der Waals surface area contributed by atoms with Crippen LogP contribution < -0.4 is 15.8 Å². The van der Waals surface area contributed by atoms with E-state index in [0.29, 0.717) is 12.2 Å². The third kappa shape index (κ3) is 8.84. The van der Waals surface area contributed by atoms with Crippen LogP contribution in [-0.4, -0.2) is 49.3 Å². The average molecular weight is 445 g/mol. The van der Waals surface area contributed by atoms with E-state index >= 15 is 0 Å². The number of nitrogens with zero attached hydrogens (tertiary/aromatic N) is 3. The number of methoxy groups -OCH3 is 1. The van der Waals surface area contributed by atoms with Crippen molar-refractivity contribution in [3.05, 3.63) is 47.2 Å². The maximum atomic E-state index is 13.9. The van der Waals surface area contributed by atoms with Gasteiger partial charge in [0.15, 0.2) is 0 Å². The lowest BCUT2D eigenvalue weighted by Crippen LogP contribution is -2.19. The van der Waals surface area contributed by atoms with Crippen LogP contribution in [-0.2, 0) is 17.6 Å². The van der Waals surface area contributed by atoms with Crippen LogP contribution in [0.1, 0.15) is 28.7 Å². The zero-order valence-electron chi connectivity index (χ0n) is 17.2. The first-order valence-corrected chi connectivity index (χ1v) is 8.98. The highest BCUT2D eigenvalue weighted by atomic mass is 19.4. The molecule has 2 heterocycles. The molecule has 0 bridgehead atoms. The van der Waals surface area contributed by atoms with Crippen molar-refractivity contribution in [1.29, 1.82) is 0 Å². The van der Waals surface area contributed by atoms with Gasteiger partial charge in [0.05, 0.1) is 25.6 Å². The maximum absolute atomic E-state index is 13.9. The molecule has 0 aliphatic heterocycles. The minimum Gasteiger partial charge on any atom is -0.495 e. The van der Waals surface area contributed by atoms with Crippen LogP contribution in [0.15, 0.2) is 29.4 Å². The zero-order valence-corrected chi connectivity index (χ0v) is 17.2. The highest BCUT2D eigenvalue weighted by Gasteiger charge is 2.15. The Labute approximate surface area is 176 Å². The Hall–Kier alpha value is -3.44. The molecule has 0 unspecified atom stereocenters. The molecular weight excluding hydrogens is 422 g/mol. The number of ether oxygens (including phenoxy) is 2. The van der Waals surface area contributed by atoms with Gasteiger partial charge in [-0.1, -0.05) is 6.92 Å². The fourth-order valence-electron chi connectivity index (χ4n) is 2.30. The Morgan fingerprint density at radius 2 is 2.00 bits per heavy atom. The van der Waals surface area contributed by atoms with Crippen molar-refractivity contribution >= 4 is 17.7 Å². The highest BCUT2D eigenvalue weighted by molar-refractivity contribution is 6.03. The lowest BCUT2D eigenvalue weighted by Gasteiger charge is -2.11. The van der Waals surface area contributed by atoms with Gasteiger partial charge < -0.3 is 20.5 Å². The van der Waals surface area contributed by atoms with Gasteiger partial charge >= 0.3 is 6.68 Å². The minimum absolute atomic E-state index is 0.0116. The second kappa shape index (κ2) is 13.0. The molecule has 0 saturated heterocycles. The molecule has 0 spiro atoms. The third-order valence-corrected chi connectivity index (χ3v) is 3.74. The van der Waals surface area contributed by atoms with E-state index in [0.717, 1.165) is 5.56 Å². The van der Waals surface area contributed by atoms with E-state index in [9.17, 15) is 22.4 Å². The summed E-state index contributed by atoms with van der Waals surface area (Å²) in [6.45, 7) is -1.64. The standard InChI is InChI=1S/C18H22FN5O3.CHF3/c1-4-11-9-12(26-3)10-22-16(11)17(25)24-15-6-5-13(19)14(23-15)7-8-27-18(20)21-2;2-1(3)4/h5-6,9-10H,4,7-8H2,1-3H3,(H2,20,21)(H,23,24,25);1H. The Balaban J connectivity index is 0.00000110. The molecule has 1 amide bonds. The van der Waals surface area contributed by atoms with E-state index in [4.69, 9.17) is 15.2 Å². The summed E-state index contributed by atoms with van der Waals surface area (Å²) in [5, 5.41) is 2.64. The van der Waals surface area contributed by atoms with E-state index in [2.05, 4.69) is 20.3 Å². The second-order valence-electron chi connectivity index (χ2n) is 5.72. The molecule has 12 heteroatoms. The molecule has 2 rings (SSSR count). The van der Waals surface area contributed by atoms with Crippen molar-refractivity contribution in [3.8, 4) is 5.75 Å². The summed E-state index contributed by atoms with van der Waals surface area (Å²) < 4.78 is 53.1. The number of aryl methyl sites for hydroxylation is 1. The molecule has 0 saturated carbocycles. The number of hydrogen-bond acceptors (Lipinski definition) is 6. The summed E-state index contributed by atoms with van der Waals surface area (Å²) in [5.74, 6) is -0.146. The molecule has 3 N–H and O–H groups in total. The van der Waals surface area contributed by atoms with Gasteiger partial charge in [-0.2, -0.15) is 13.2 Å². The van der Waals surface area contributed by atoms with Crippen LogP contribution in [0.4, 0.5) is 23.4 Å². The fourth-order valence-corrected chi connectivity index (χ4v) is 2.30. The highest BCUT2D eigenvalue weighted by Crippen LogP contribution is 2.17. The van der Waals surface area contributed by atoms with Gasteiger partial charge in [-0.25, -0.2) is 19.4 Å². The minimum atomic E-state index is -3.67. The van der Waals surface area contributed by atoms with Gasteiger partial charge in [0.25, 0.3) is 11.9 Å². The Morgan fingerprint density at radius 1 is 1.32 bits per heavy atom. The molecule has 0 aliphatic carbocycles. The van der Waals surface area contributed by atoms with Gasteiger partial charge in [0.1, 0.15) is 23.1 Å². The van der Waals surface area contributed by atoms with E-state index in [-0.39, 0.29) is 36.3 Å². The molecule has 0 aromatic carbocycles. The number of aliphatic imine (C=N–C) groups is 1. The van der Waals surface area contributed by atoms with Crippen LogP contribution in [0.3, 0.4) is 0 Å². The smallest absolute Gasteiger partial charge is 0.379 e. The molecule has 170 valence electrons. The molecule has 0 fully saturated rings. The van der Waals surface area contributed by atoms with Crippen molar-refractivity contribution in [2.45, 2.75) is 26.4 Å². The Bertz CT molecular complexity index is 894. The van der Waals surface area contributed by atoms with E-state index in [1.165, 1.54) is 32.5 Å². The molecule has 8 nitrogen and oxygen atoms in total. The Kier molecular flexibility index (Phi) is 10.7. The number of hydrogen-bond donors (Lipinski definition) is 2. The normalized spacial score (nSPS) is 10.9. The van der Waals surface area contributed by atoms with E-state index in [1.54, 1.807) is 6.07 Å². The molecule has 2 aromatic heterocycles. The van der Waals surface area contributed by atoms with Crippen molar-refractivity contribution in [2.24, 2.45) is 10.7 Å². The monoisotopic (exact) mass is 445 g/mol. The number of nitrogens with two attached hydrogens (primary N) is 1. The van der Waals surface area contributed by atoms with Crippen molar-refractivity contribution in [2.75, 3.05) is 26.1 Å². The molecule has 0 radical (unpaired) electrons. The van der Waals surface area contributed by atoms with Gasteiger partial charge in [-0.15, -0.1) is 0 Å². The number of pyridine rings is 2. The lowest BCUT2D eigenvalue weighted by molar-refractivity contribution is 0.00818. The number of amidine groups is 1. The number of rotatable bonds is 7. The van der Waals surface area contributed by atoms with Gasteiger partial charge in [0.2, 0.25) is 0 Å². The number of halogens is 4. The molecular formula is C19H23F4N5O3. The van der Waals surface area contributed by atoms with Crippen LogP contribution in [0, 0.1) is 5.82 Å². The summed E-state index contributed by atoms with van der Waals surface area (Å²) in [5.41, 5.74) is 6.57. The predicted octanol–water partition coefficient (Wildman–Crippen LogP) is 3.12. The van der Waals surface area contributed by atoms with Crippen LogP contribution in [0.2, 0.25) is 0 Å². The quantitative estimate of drug-likeness (QED) is 0.385. The predicted molar refractivity (Wildman–Crippen MR) is 107 cm³/mol. The first-order valence-electron chi connectivity index (χ1n) is 8.98. The summed E-state index contributed by atoms with van der Waals surface area (Å²) in [7, 11) is 3.02. The third-order valence-electron chi connectivity index (χ3n) is 3.74. The maximum Gasteiger partial charge on any atom is 0.379 e. The van der Waals surface area contributed by atoms with Crippen molar-refractivity contribution in [1.82, 2.24) is 9.97 Å². The summed E-state index contributed by atoms with van der Waals surface area (Å²) in [6.07, 6.45) is 2.24. The van der Waals surface area contributed by atoms with Gasteiger partial charge in [0, 0.05) is 13.5 Å². The van der Waals surface area contributed by atoms with Crippen LogP contribution >= 0.6 is 0 Å². The average Bonchev–Trinajstić information content (AvgIpc) is 2.74. The number of amides is 1. The SMILES string of the molecule is CCc1cc(OC)cnc1C(=O)Nc1ccc(F)c(CCOC(N)=NC)n1.FC(F)F. The van der Waals surface area contributed by atoms with Crippen LogP contribution in [0.5, 0.6) is 5.75 Å². The van der Waals surface area contributed by atoms with Gasteiger partial charge in [-0.05, 0) is 30.2 Å². The summed E-state index contributed by atoms with van der Waals surface area (Å²) in [6, 6.07) is 4.38. The Morgan fingerprint density at radius 3 is 2.58 bits per heavy atom. The molecule has 31 heavy (non-hydrogen) atoms. The number of alkyl halides is 3. The largest absolute Gasteiger partial charge is 0.495 e. The van der Waals surface area contributed by atoms with E-state index in [1.807, 2.05) is 6.92 Å².